The SMILES string of the molecule is Cc1c2c(=O)[nH]n(CCO)c(=O)c2c(C)n1-c1ccccc1. The second-order valence-electron chi connectivity index (χ2n) is 5.21. The quantitative estimate of drug-likeness (QED) is 0.759. The van der Waals surface area contributed by atoms with Gasteiger partial charge in [0.1, 0.15) is 0 Å². The number of nitrogens with zero attached hydrogens (tertiary/aromatic N) is 2. The molecule has 3 rings (SSSR count). The molecule has 2 N–H and O–H groups in total. The lowest BCUT2D eigenvalue weighted by Crippen LogP contribution is -2.30. The maximum atomic E-state index is 12.6. The maximum Gasteiger partial charge on any atom is 0.275 e. The van der Waals surface area contributed by atoms with Crippen LogP contribution in [0.15, 0.2) is 39.9 Å². The number of aromatic nitrogens is 3. The molecule has 2 heterocycles. The summed E-state index contributed by atoms with van der Waals surface area (Å²) in [6, 6.07) is 9.59. The Hall–Kier alpha value is -2.60. The van der Waals surface area contributed by atoms with Gasteiger partial charge in [0.15, 0.2) is 0 Å². The maximum absolute atomic E-state index is 12.6. The zero-order valence-corrected chi connectivity index (χ0v) is 12.5. The number of aromatic amines is 1. The zero-order valence-electron chi connectivity index (χ0n) is 12.5. The number of fused-ring (bicyclic) bond motifs is 1. The van der Waals surface area contributed by atoms with Gasteiger partial charge in [0.05, 0.1) is 23.9 Å². The molecule has 0 saturated carbocycles. The highest BCUT2D eigenvalue weighted by Crippen LogP contribution is 2.23. The van der Waals surface area contributed by atoms with Crippen molar-refractivity contribution in [3.05, 3.63) is 62.4 Å². The Morgan fingerprint density at radius 3 is 2.32 bits per heavy atom. The summed E-state index contributed by atoms with van der Waals surface area (Å²) in [5, 5.41) is 12.4. The Kier molecular flexibility index (Phi) is 3.46. The Balaban J connectivity index is 2.44. The fourth-order valence-electron chi connectivity index (χ4n) is 2.96. The van der Waals surface area contributed by atoms with Gasteiger partial charge in [-0.25, -0.2) is 4.68 Å². The average molecular weight is 299 g/mol. The van der Waals surface area contributed by atoms with Gasteiger partial charge < -0.3 is 9.67 Å². The number of hydrogen-bond donors (Lipinski definition) is 2. The first-order chi connectivity index (χ1) is 10.6. The molecule has 6 nitrogen and oxygen atoms in total. The van der Waals surface area contributed by atoms with E-state index >= 15 is 0 Å². The highest BCUT2D eigenvalue weighted by molar-refractivity contribution is 5.87. The van der Waals surface area contributed by atoms with Crippen LogP contribution in [0.5, 0.6) is 0 Å². The van der Waals surface area contributed by atoms with E-state index in [0.717, 1.165) is 21.8 Å². The number of aliphatic hydroxyl groups is 1. The van der Waals surface area contributed by atoms with Crippen molar-refractivity contribution in [2.45, 2.75) is 20.4 Å². The molecule has 0 saturated heterocycles. The highest BCUT2D eigenvalue weighted by Gasteiger charge is 2.19. The number of H-pyrrole nitrogens is 1. The van der Waals surface area contributed by atoms with Gasteiger partial charge in [-0.2, -0.15) is 0 Å². The third-order valence-corrected chi connectivity index (χ3v) is 3.91. The summed E-state index contributed by atoms with van der Waals surface area (Å²) in [4.78, 5) is 24.9. The number of aryl methyl sites for hydroxylation is 2. The molecule has 6 heteroatoms. The van der Waals surface area contributed by atoms with Crippen LogP contribution in [0, 0.1) is 13.8 Å². The standard InChI is InChI=1S/C16H17N3O3/c1-10-13-14(16(22)18(8-9-20)17-15(13)21)11(2)19(10)12-6-4-3-5-7-12/h3-7,20H,8-9H2,1-2H3,(H,17,21). The lowest BCUT2D eigenvalue weighted by atomic mass is 10.2. The van der Waals surface area contributed by atoms with Crippen LogP contribution in [-0.4, -0.2) is 26.1 Å². The number of para-hydroxylation sites is 1. The van der Waals surface area contributed by atoms with Crippen LogP contribution in [0.3, 0.4) is 0 Å². The Bertz CT molecular complexity index is 949. The van der Waals surface area contributed by atoms with Crippen molar-refractivity contribution in [2.24, 2.45) is 0 Å². The van der Waals surface area contributed by atoms with Gasteiger partial charge in [0.2, 0.25) is 0 Å². The Morgan fingerprint density at radius 2 is 1.68 bits per heavy atom. The summed E-state index contributed by atoms with van der Waals surface area (Å²) in [5.74, 6) is 0. The Morgan fingerprint density at radius 1 is 1.05 bits per heavy atom. The van der Waals surface area contributed by atoms with Crippen molar-refractivity contribution in [1.29, 1.82) is 0 Å². The van der Waals surface area contributed by atoms with Crippen molar-refractivity contribution in [3.8, 4) is 5.69 Å². The zero-order chi connectivity index (χ0) is 15.9. The summed E-state index contributed by atoms with van der Waals surface area (Å²) in [7, 11) is 0. The number of nitrogens with one attached hydrogen (secondary N) is 1. The van der Waals surface area contributed by atoms with E-state index in [0.29, 0.717) is 10.8 Å². The molecule has 114 valence electrons. The summed E-state index contributed by atoms with van der Waals surface area (Å²) in [5.41, 5.74) is 1.74. The lowest BCUT2D eigenvalue weighted by molar-refractivity contribution is 0.266. The van der Waals surface area contributed by atoms with Gasteiger partial charge in [0, 0.05) is 17.1 Å². The molecule has 0 radical (unpaired) electrons. The van der Waals surface area contributed by atoms with Gasteiger partial charge in [-0.3, -0.25) is 14.7 Å². The number of rotatable bonds is 3. The first kappa shape index (κ1) is 14.3. The molecular weight excluding hydrogens is 282 g/mol. The molecule has 2 aromatic heterocycles. The minimum absolute atomic E-state index is 0.0685. The van der Waals surface area contributed by atoms with E-state index in [9.17, 15) is 9.59 Å². The van der Waals surface area contributed by atoms with Crippen molar-refractivity contribution in [3.63, 3.8) is 0 Å². The summed E-state index contributed by atoms with van der Waals surface area (Å²) >= 11 is 0. The molecule has 0 unspecified atom stereocenters. The molecule has 0 spiro atoms. The van der Waals surface area contributed by atoms with Crippen LogP contribution in [0.1, 0.15) is 11.4 Å². The average Bonchev–Trinajstić information content (AvgIpc) is 2.77. The molecule has 0 aliphatic heterocycles. The van der Waals surface area contributed by atoms with Gasteiger partial charge in [-0.1, -0.05) is 18.2 Å². The van der Waals surface area contributed by atoms with Gasteiger partial charge in [-0.15, -0.1) is 0 Å². The van der Waals surface area contributed by atoms with Crippen molar-refractivity contribution in [1.82, 2.24) is 14.3 Å². The van der Waals surface area contributed by atoms with Gasteiger partial charge in [0.25, 0.3) is 11.1 Å². The van der Waals surface area contributed by atoms with Crippen molar-refractivity contribution >= 4 is 10.8 Å². The van der Waals surface area contributed by atoms with Crippen LogP contribution in [0.25, 0.3) is 16.5 Å². The van der Waals surface area contributed by atoms with Crippen LogP contribution in [0.4, 0.5) is 0 Å². The summed E-state index contributed by atoms with van der Waals surface area (Å²) in [6.07, 6.45) is 0. The highest BCUT2D eigenvalue weighted by atomic mass is 16.3. The van der Waals surface area contributed by atoms with E-state index in [-0.39, 0.29) is 24.3 Å². The van der Waals surface area contributed by atoms with Crippen LogP contribution >= 0.6 is 0 Å². The molecule has 3 aromatic rings. The van der Waals surface area contributed by atoms with Gasteiger partial charge in [-0.05, 0) is 26.0 Å². The first-order valence-electron chi connectivity index (χ1n) is 7.07. The normalized spacial score (nSPS) is 11.2. The molecule has 0 atom stereocenters. The minimum Gasteiger partial charge on any atom is -0.394 e. The van der Waals surface area contributed by atoms with Crippen molar-refractivity contribution < 1.29 is 5.11 Å². The molecular formula is C16H17N3O3. The molecule has 1 aromatic carbocycles. The predicted octanol–water partition coefficient (Wildman–Crippen LogP) is 1.09. The monoisotopic (exact) mass is 299 g/mol. The summed E-state index contributed by atoms with van der Waals surface area (Å²) in [6.45, 7) is 3.51. The van der Waals surface area contributed by atoms with E-state index in [2.05, 4.69) is 5.10 Å². The van der Waals surface area contributed by atoms with E-state index in [1.54, 1.807) is 0 Å². The Labute approximate surface area is 126 Å². The van der Waals surface area contributed by atoms with Gasteiger partial charge >= 0.3 is 0 Å². The predicted molar refractivity (Wildman–Crippen MR) is 84.7 cm³/mol. The minimum atomic E-state index is -0.321. The van der Waals surface area contributed by atoms with Crippen LogP contribution in [-0.2, 0) is 6.54 Å². The molecule has 22 heavy (non-hydrogen) atoms. The molecule has 0 aliphatic rings. The van der Waals surface area contributed by atoms with Crippen molar-refractivity contribution in [2.75, 3.05) is 6.61 Å². The third kappa shape index (κ3) is 2.00. The smallest absolute Gasteiger partial charge is 0.275 e. The molecule has 0 bridgehead atoms. The van der Waals surface area contributed by atoms with E-state index < -0.39 is 0 Å². The number of hydrogen-bond acceptors (Lipinski definition) is 3. The second-order valence-corrected chi connectivity index (χ2v) is 5.21. The second kappa shape index (κ2) is 5.31. The lowest BCUT2D eigenvalue weighted by Gasteiger charge is -2.08. The number of benzene rings is 1. The van der Waals surface area contributed by atoms with E-state index in [1.807, 2.05) is 48.7 Å². The molecule has 0 fully saturated rings. The fourth-order valence-corrected chi connectivity index (χ4v) is 2.96. The van der Waals surface area contributed by atoms with Crippen LogP contribution < -0.4 is 11.1 Å². The third-order valence-electron chi connectivity index (χ3n) is 3.91. The topological polar surface area (TPSA) is 80.0 Å². The molecule has 0 aliphatic carbocycles. The first-order valence-corrected chi connectivity index (χ1v) is 7.07. The number of aliphatic hydroxyl groups excluding tert-OH is 1. The van der Waals surface area contributed by atoms with E-state index in [4.69, 9.17) is 5.11 Å². The molecule has 0 amide bonds. The van der Waals surface area contributed by atoms with Crippen LogP contribution in [0.2, 0.25) is 0 Å². The largest absolute Gasteiger partial charge is 0.394 e. The summed E-state index contributed by atoms with van der Waals surface area (Å²) < 4.78 is 3.07. The fraction of sp³-hybridized carbons (Fsp3) is 0.250. The van der Waals surface area contributed by atoms with E-state index in [1.165, 1.54) is 0 Å².